The van der Waals surface area contributed by atoms with E-state index in [0.717, 1.165) is 0 Å². The van der Waals surface area contributed by atoms with Crippen LogP contribution in [0, 0.1) is 0 Å². The highest BCUT2D eigenvalue weighted by Crippen LogP contribution is 2.08. The molecule has 0 bridgehead atoms. The third-order valence-corrected chi connectivity index (χ3v) is 1.65. The van der Waals surface area contributed by atoms with E-state index in [9.17, 15) is 14.4 Å². The van der Waals surface area contributed by atoms with E-state index in [1.54, 1.807) is 20.8 Å². The van der Waals surface area contributed by atoms with E-state index < -0.39 is 22.8 Å². The molecule has 1 heterocycles. The predicted molar refractivity (Wildman–Crippen MR) is 57.2 cm³/mol. The number of aromatic nitrogens is 2. The van der Waals surface area contributed by atoms with Gasteiger partial charge < -0.3 is 9.72 Å². The summed E-state index contributed by atoms with van der Waals surface area (Å²) >= 11 is 0. The van der Waals surface area contributed by atoms with Crippen molar-refractivity contribution in [2.75, 3.05) is 0 Å². The van der Waals surface area contributed by atoms with Crippen LogP contribution in [-0.2, 0) is 16.0 Å². The zero-order valence-corrected chi connectivity index (χ0v) is 9.42. The van der Waals surface area contributed by atoms with E-state index in [-0.39, 0.29) is 12.0 Å². The molecule has 0 atom stereocenters. The van der Waals surface area contributed by atoms with Crippen LogP contribution in [0.5, 0.6) is 0 Å². The first-order chi connectivity index (χ1) is 7.28. The number of aromatic amines is 2. The Morgan fingerprint density at radius 1 is 1.38 bits per heavy atom. The summed E-state index contributed by atoms with van der Waals surface area (Å²) < 4.78 is 5.04. The second-order valence-electron chi connectivity index (χ2n) is 4.36. The topological polar surface area (TPSA) is 92.0 Å². The molecule has 0 radical (unpaired) electrons. The highest BCUT2D eigenvalue weighted by atomic mass is 16.6. The number of nitrogens with one attached hydrogen (secondary N) is 2. The summed E-state index contributed by atoms with van der Waals surface area (Å²) in [7, 11) is 0. The number of esters is 1. The van der Waals surface area contributed by atoms with Gasteiger partial charge in [0.15, 0.2) is 0 Å². The largest absolute Gasteiger partial charge is 0.460 e. The third-order valence-electron chi connectivity index (χ3n) is 1.65. The van der Waals surface area contributed by atoms with Crippen LogP contribution in [0.4, 0.5) is 0 Å². The molecule has 1 aromatic rings. The normalized spacial score (nSPS) is 11.2. The summed E-state index contributed by atoms with van der Waals surface area (Å²) in [6, 6.07) is 0. The van der Waals surface area contributed by atoms with Gasteiger partial charge in [-0.1, -0.05) is 0 Å². The molecule has 88 valence electrons. The maximum Gasteiger partial charge on any atom is 0.325 e. The minimum atomic E-state index is -0.599. The lowest BCUT2D eigenvalue weighted by Gasteiger charge is -2.19. The van der Waals surface area contributed by atoms with Gasteiger partial charge in [0.2, 0.25) is 0 Å². The summed E-state index contributed by atoms with van der Waals surface area (Å²) in [6.07, 6.45) is 1.05. The van der Waals surface area contributed by atoms with Crippen LogP contribution < -0.4 is 11.2 Å². The van der Waals surface area contributed by atoms with Gasteiger partial charge in [-0.15, -0.1) is 0 Å². The maximum absolute atomic E-state index is 11.4. The van der Waals surface area contributed by atoms with E-state index in [2.05, 4.69) is 4.98 Å². The van der Waals surface area contributed by atoms with E-state index in [1.165, 1.54) is 6.20 Å². The van der Waals surface area contributed by atoms with E-state index >= 15 is 0 Å². The lowest BCUT2D eigenvalue weighted by molar-refractivity contribution is -0.153. The second kappa shape index (κ2) is 4.34. The van der Waals surface area contributed by atoms with Crippen molar-refractivity contribution < 1.29 is 9.53 Å². The van der Waals surface area contributed by atoms with Gasteiger partial charge in [0, 0.05) is 11.8 Å². The number of carbonyl (C=O) groups excluding carboxylic acids is 1. The van der Waals surface area contributed by atoms with Crippen molar-refractivity contribution in [1.82, 2.24) is 9.97 Å². The molecule has 0 unspecified atom stereocenters. The van der Waals surface area contributed by atoms with Crippen LogP contribution in [0.3, 0.4) is 0 Å². The van der Waals surface area contributed by atoms with Crippen molar-refractivity contribution in [1.29, 1.82) is 0 Å². The van der Waals surface area contributed by atoms with Crippen LogP contribution in [0.2, 0.25) is 0 Å². The minimum Gasteiger partial charge on any atom is -0.460 e. The van der Waals surface area contributed by atoms with Gasteiger partial charge in [0.25, 0.3) is 5.56 Å². The smallest absolute Gasteiger partial charge is 0.325 e. The third kappa shape index (κ3) is 3.72. The number of rotatable bonds is 2. The molecule has 16 heavy (non-hydrogen) atoms. The fourth-order valence-corrected chi connectivity index (χ4v) is 1.10. The summed E-state index contributed by atoms with van der Waals surface area (Å²) in [6.45, 7) is 5.21. The van der Waals surface area contributed by atoms with Gasteiger partial charge >= 0.3 is 11.7 Å². The summed E-state index contributed by atoms with van der Waals surface area (Å²) in [4.78, 5) is 37.7. The summed E-state index contributed by atoms with van der Waals surface area (Å²) in [5.74, 6) is -0.509. The Kier molecular flexibility index (Phi) is 3.31. The molecule has 0 aromatic carbocycles. The minimum absolute atomic E-state index is 0.163. The Morgan fingerprint density at radius 2 is 2.00 bits per heavy atom. The summed E-state index contributed by atoms with van der Waals surface area (Å²) in [5.41, 5.74) is -1.59. The SMILES string of the molecule is CC(C)(C)OC(=O)Cc1c[nH]c(=O)[nH]c1=O. The molecular formula is C10H14N2O4. The fourth-order valence-electron chi connectivity index (χ4n) is 1.10. The molecule has 0 aliphatic rings. The number of ether oxygens (including phenoxy) is 1. The molecule has 0 amide bonds. The second-order valence-corrected chi connectivity index (χ2v) is 4.36. The highest BCUT2D eigenvalue weighted by molar-refractivity contribution is 5.72. The van der Waals surface area contributed by atoms with E-state index in [0.29, 0.717) is 0 Å². The maximum atomic E-state index is 11.4. The number of hydrogen-bond donors (Lipinski definition) is 2. The molecule has 6 heteroatoms. The van der Waals surface area contributed by atoms with E-state index in [1.807, 2.05) is 4.98 Å². The van der Waals surface area contributed by atoms with E-state index in [4.69, 9.17) is 4.74 Å². The average molecular weight is 226 g/mol. The van der Waals surface area contributed by atoms with Crippen LogP contribution >= 0.6 is 0 Å². The predicted octanol–water partition coefficient (Wildman–Crippen LogP) is -0.0526. The lowest BCUT2D eigenvalue weighted by Crippen LogP contribution is -2.29. The number of carbonyl (C=O) groups is 1. The van der Waals surface area contributed by atoms with Crippen LogP contribution in [-0.4, -0.2) is 21.5 Å². The molecule has 0 spiro atoms. The molecule has 0 fully saturated rings. The van der Waals surface area contributed by atoms with Crippen LogP contribution in [0.1, 0.15) is 26.3 Å². The van der Waals surface area contributed by atoms with Crippen LogP contribution in [0.15, 0.2) is 15.8 Å². The van der Waals surface area contributed by atoms with Gasteiger partial charge in [-0.25, -0.2) is 4.79 Å². The van der Waals surface area contributed by atoms with Gasteiger partial charge in [-0.2, -0.15) is 0 Å². The Hall–Kier alpha value is -1.85. The standard InChI is InChI=1S/C10H14N2O4/c1-10(2,3)16-7(13)4-6-5-11-9(15)12-8(6)14/h5H,4H2,1-3H3,(H2,11,12,14,15). The Morgan fingerprint density at radius 3 is 2.50 bits per heavy atom. The average Bonchev–Trinajstić information content (AvgIpc) is 2.06. The van der Waals surface area contributed by atoms with Crippen molar-refractivity contribution in [2.24, 2.45) is 0 Å². The monoisotopic (exact) mass is 226 g/mol. The molecule has 0 aliphatic heterocycles. The summed E-state index contributed by atoms with van der Waals surface area (Å²) in [5, 5.41) is 0. The quantitative estimate of drug-likeness (QED) is 0.691. The van der Waals surface area contributed by atoms with Gasteiger partial charge in [0.05, 0.1) is 6.42 Å². The molecule has 0 aliphatic carbocycles. The molecule has 2 N–H and O–H groups in total. The molecule has 1 rings (SSSR count). The number of H-pyrrole nitrogens is 2. The Balaban J connectivity index is 2.78. The van der Waals surface area contributed by atoms with Gasteiger partial charge in [0.1, 0.15) is 5.60 Å². The zero-order valence-electron chi connectivity index (χ0n) is 9.42. The molecule has 1 aromatic heterocycles. The first-order valence-electron chi connectivity index (χ1n) is 4.81. The highest BCUT2D eigenvalue weighted by Gasteiger charge is 2.17. The lowest BCUT2D eigenvalue weighted by atomic mass is 10.2. The van der Waals surface area contributed by atoms with Crippen molar-refractivity contribution >= 4 is 5.97 Å². The molecule has 0 saturated heterocycles. The molecule has 6 nitrogen and oxygen atoms in total. The van der Waals surface area contributed by atoms with Crippen LogP contribution in [0.25, 0.3) is 0 Å². The first-order valence-corrected chi connectivity index (χ1v) is 4.81. The van der Waals surface area contributed by atoms with Crippen molar-refractivity contribution in [3.05, 3.63) is 32.6 Å². The number of hydrogen-bond acceptors (Lipinski definition) is 4. The molecular weight excluding hydrogens is 212 g/mol. The fraction of sp³-hybridized carbons (Fsp3) is 0.500. The molecule has 0 saturated carbocycles. The van der Waals surface area contributed by atoms with Gasteiger partial charge in [-0.05, 0) is 20.8 Å². The first kappa shape index (κ1) is 12.2. The Labute approximate surface area is 91.7 Å². The van der Waals surface area contributed by atoms with Gasteiger partial charge in [-0.3, -0.25) is 14.6 Å². The van der Waals surface area contributed by atoms with Crippen molar-refractivity contribution in [3.8, 4) is 0 Å². The van der Waals surface area contributed by atoms with Crippen molar-refractivity contribution in [3.63, 3.8) is 0 Å². The van der Waals surface area contributed by atoms with Crippen molar-refractivity contribution in [2.45, 2.75) is 32.8 Å². The Bertz CT molecular complexity index is 493. The zero-order chi connectivity index (χ0) is 12.3.